The molecule has 2 heterocycles. The molecule has 0 aromatic carbocycles. The summed E-state index contributed by atoms with van der Waals surface area (Å²) in [5.41, 5.74) is 1.87. The number of H-pyrrole nitrogens is 1. The van der Waals surface area contributed by atoms with Gasteiger partial charge in [0.1, 0.15) is 17.3 Å². The van der Waals surface area contributed by atoms with Gasteiger partial charge in [0.15, 0.2) is 5.65 Å². The Kier molecular flexibility index (Phi) is 1.10. The second-order valence-corrected chi connectivity index (χ2v) is 2.09. The number of hydrogen-bond donors (Lipinski definition) is 1. The van der Waals surface area contributed by atoms with Gasteiger partial charge in [-0.05, 0) is 0 Å². The fraction of sp³-hybridized carbons (Fsp3) is 0. The summed E-state index contributed by atoms with van der Waals surface area (Å²) in [6, 6.07) is 3.65. The zero-order valence-corrected chi connectivity index (χ0v) is 5.57. The lowest BCUT2D eigenvalue weighted by atomic mass is 10.4. The molecule has 0 spiro atoms. The van der Waals surface area contributed by atoms with E-state index in [1.54, 1.807) is 18.5 Å². The summed E-state index contributed by atoms with van der Waals surface area (Å²) in [6.07, 6.45) is 3.18. The molecule has 0 aliphatic heterocycles. The molecule has 52 valence electrons. The Morgan fingerprint density at radius 2 is 2.18 bits per heavy atom. The van der Waals surface area contributed by atoms with Crippen molar-refractivity contribution in [2.45, 2.75) is 0 Å². The predicted octanol–water partition coefficient (Wildman–Crippen LogP) is 0.830. The van der Waals surface area contributed by atoms with Gasteiger partial charge in [-0.1, -0.05) is 0 Å². The van der Waals surface area contributed by atoms with E-state index in [4.69, 9.17) is 5.26 Å². The lowest BCUT2D eigenvalue weighted by Gasteiger charge is -1.81. The lowest BCUT2D eigenvalue weighted by molar-refractivity contribution is 1.25. The molecule has 0 amide bonds. The Bertz CT molecular complexity index is 390. The molecule has 0 fully saturated rings. The molecule has 0 atom stereocenters. The maximum Gasteiger partial charge on any atom is 0.157 e. The molecular weight excluding hydrogens is 140 g/mol. The first-order chi connectivity index (χ1) is 5.40. The van der Waals surface area contributed by atoms with E-state index in [2.05, 4.69) is 15.0 Å². The third-order valence-corrected chi connectivity index (χ3v) is 1.38. The molecule has 4 heteroatoms. The number of nitrogens with zero attached hydrogens (tertiary/aromatic N) is 3. The van der Waals surface area contributed by atoms with Crippen molar-refractivity contribution in [2.24, 2.45) is 0 Å². The monoisotopic (exact) mass is 144 g/mol. The molecule has 0 saturated heterocycles. The van der Waals surface area contributed by atoms with Crippen LogP contribution in [0.3, 0.4) is 0 Å². The Hall–Kier alpha value is -1.89. The van der Waals surface area contributed by atoms with Crippen LogP contribution < -0.4 is 0 Å². The van der Waals surface area contributed by atoms with Crippen LogP contribution in [-0.2, 0) is 0 Å². The Morgan fingerprint density at radius 3 is 2.91 bits per heavy atom. The molecule has 0 unspecified atom stereocenters. The van der Waals surface area contributed by atoms with Crippen LogP contribution >= 0.6 is 0 Å². The average Bonchev–Trinajstić information content (AvgIpc) is 2.46. The van der Waals surface area contributed by atoms with Gasteiger partial charge in [0.25, 0.3) is 0 Å². The minimum Gasteiger partial charge on any atom is -0.330 e. The van der Waals surface area contributed by atoms with E-state index in [1.807, 2.05) is 6.07 Å². The van der Waals surface area contributed by atoms with E-state index in [0.717, 1.165) is 5.52 Å². The summed E-state index contributed by atoms with van der Waals surface area (Å²) < 4.78 is 0. The third-order valence-electron chi connectivity index (χ3n) is 1.38. The van der Waals surface area contributed by atoms with Gasteiger partial charge in [0, 0.05) is 18.5 Å². The van der Waals surface area contributed by atoms with Crippen molar-refractivity contribution in [1.29, 1.82) is 5.26 Å². The zero-order chi connectivity index (χ0) is 7.68. The van der Waals surface area contributed by atoms with Crippen LogP contribution in [0.4, 0.5) is 0 Å². The fourth-order valence-electron chi connectivity index (χ4n) is 0.911. The normalized spacial score (nSPS) is 9.73. The van der Waals surface area contributed by atoms with Crippen LogP contribution in [0.25, 0.3) is 11.2 Å². The number of hydrogen-bond acceptors (Lipinski definition) is 3. The van der Waals surface area contributed by atoms with Crippen molar-refractivity contribution in [3.8, 4) is 6.07 Å². The molecule has 0 aliphatic carbocycles. The molecule has 1 N–H and O–H groups in total. The Balaban J connectivity index is 2.81. The Labute approximate surface area is 62.5 Å². The van der Waals surface area contributed by atoms with E-state index >= 15 is 0 Å². The number of rotatable bonds is 0. The van der Waals surface area contributed by atoms with Gasteiger partial charge in [0.2, 0.25) is 0 Å². The maximum atomic E-state index is 8.50. The summed E-state index contributed by atoms with van der Waals surface area (Å²) in [5, 5.41) is 8.50. The summed E-state index contributed by atoms with van der Waals surface area (Å²) in [6.45, 7) is 0. The first kappa shape index (κ1) is 5.86. The molecule has 11 heavy (non-hydrogen) atoms. The van der Waals surface area contributed by atoms with Crippen LogP contribution in [0.5, 0.6) is 0 Å². The predicted molar refractivity (Wildman–Crippen MR) is 38.6 cm³/mol. The van der Waals surface area contributed by atoms with E-state index < -0.39 is 0 Å². The smallest absolute Gasteiger partial charge is 0.157 e. The largest absolute Gasteiger partial charge is 0.330 e. The number of fused-ring (bicyclic) bond motifs is 1. The van der Waals surface area contributed by atoms with Crippen molar-refractivity contribution in [2.75, 3.05) is 0 Å². The molecule has 0 saturated carbocycles. The first-order valence-electron chi connectivity index (χ1n) is 3.10. The zero-order valence-electron chi connectivity index (χ0n) is 5.57. The van der Waals surface area contributed by atoms with Crippen molar-refractivity contribution >= 4 is 11.2 Å². The summed E-state index contributed by atoms with van der Waals surface area (Å²) >= 11 is 0. The second-order valence-electron chi connectivity index (χ2n) is 2.09. The average molecular weight is 144 g/mol. The van der Waals surface area contributed by atoms with Crippen molar-refractivity contribution < 1.29 is 0 Å². The molecule has 0 bridgehead atoms. The highest BCUT2D eigenvalue weighted by molar-refractivity contribution is 5.72. The van der Waals surface area contributed by atoms with Gasteiger partial charge in [0.05, 0.1) is 0 Å². The third kappa shape index (κ3) is 0.829. The standard InChI is InChI=1S/C7H4N4/c8-4-5-3-6-7(11-5)10-2-1-9-6/h1-3H,(H,10,11). The van der Waals surface area contributed by atoms with Crippen LogP contribution in [0.2, 0.25) is 0 Å². The highest BCUT2D eigenvalue weighted by Crippen LogP contribution is 2.07. The van der Waals surface area contributed by atoms with Crippen molar-refractivity contribution in [3.63, 3.8) is 0 Å². The molecule has 0 radical (unpaired) electrons. The maximum absolute atomic E-state index is 8.50. The molecular formula is C7H4N4. The number of nitrogens with one attached hydrogen (secondary N) is 1. The van der Waals surface area contributed by atoms with Crippen LogP contribution in [0.15, 0.2) is 18.5 Å². The van der Waals surface area contributed by atoms with Gasteiger partial charge < -0.3 is 4.98 Å². The molecule has 2 aromatic rings. The SMILES string of the molecule is N#Cc1cc2nccnc2[nH]1. The summed E-state index contributed by atoms with van der Waals surface area (Å²) in [7, 11) is 0. The van der Waals surface area contributed by atoms with Gasteiger partial charge in [-0.15, -0.1) is 0 Å². The first-order valence-corrected chi connectivity index (χ1v) is 3.10. The van der Waals surface area contributed by atoms with E-state index in [1.165, 1.54) is 0 Å². The molecule has 2 aromatic heterocycles. The lowest BCUT2D eigenvalue weighted by Crippen LogP contribution is -1.76. The van der Waals surface area contributed by atoms with Crippen LogP contribution in [0, 0.1) is 11.3 Å². The minimum absolute atomic E-state index is 0.492. The highest BCUT2D eigenvalue weighted by atomic mass is 14.9. The van der Waals surface area contributed by atoms with E-state index in [-0.39, 0.29) is 0 Å². The van der Waals surface area contributed by atoms with Crippen molar-refractivity contribution in [3.05, 3.63) is 24.2 Å². The summed E-state index contributed by atoms with van der Waals surface area (Å²) in [5.74, 6) is 0. The molecule has 2 rings (SSSR count). The van der Waals surface area contributed by atoms with Gasteiger partial charge in [-0.2, -0.15) is 5.26 Å². The second kappa shape index (κ2) is 2.06. The molecule has 0 aliphatic rings. The number of nitriles is 1. The summed E-state index contributed by atoms with van der Waals surface area (Å²) in [4.78, 5) is 10.8. The van der Waals surface area contributed by atoms with Crippen LogP contribution in [0.1, 0.15) is 5.69 Å². The topological polar surface area (TPSA) is 65.4 Å². The molecule has 4 nitrogen and oxygen atoms in total. The van der Waals surface area contributed by atoms with Crippen LogP contribution in [-0.4, -0.2) is 15.0 Å². The van der Waals surface area contributed by atoms with Crippen molar-refractivity contribution in [1.82, 2.24) is 15.0 Å². The fourth-order valence-corrected chi connectivity index (χ4v) is 0.911. The Morgan fingerprint density at radius 1 is 1.36 bits per heavy atom. The van der Waals surface area contributed by atoms with E-state index in [9.17, 15) is 0 Å². The van der Waals surface area contributed by atoms with Gasteiger partial charge >= 0.3 is 0 Å². The van der Waals surface area contributed by atoms with Gasteiger partial charge in [-0.3, -0.25) is 4.98 Å². The minimum atomic E-state index is 0.492. The number of aromatic amines is 1. The quantitative estimate of drug-likeness (QED) is 0.595. The highest BCUT2D eigenvalue weighted by Gasteiger charge is 1.98. The number of aromatic nitrogens is 3. The van der Waals surface area contributed by atoms with E-state index in [0.29, 0.717) is 11.3 Å². The van der Waals surface area contributed by atoms with Gasteiger partial charge in [-0.25, -0.2) is 4.98 Å².